The molecule has 0 fully saturated rings. The van der Waals surface area contributed by atoms with E-state index in [0.29, 0.717) is 15.7 Å². The molecule has 1 aliphatic carbocycles. The second-order valence-corrected chi connectivity index (χ2v) is 8.17. The maximum absolute atomic E-state index is 12.4. The van der Waals surface area contributed by atoms with Crippen molar-refractivity contribution in [2.24, 2.45) is 0 Å². The molecule has 0 spiro atoms. The maximum Gasteiger partial charge on any atom is 0.341 e. The highest BCUT2D eigenvalue weighted by atomic mass is 35.5. The highest BCUT2D eigenvalue weighted by Gasteiger charge is 2.25. The molecule has 0 unspecified atom stereocenters. The minimum Gasteiger partial charge on any atom is -0.465 e. The number of halogens is 1. The molecule has 1 aromatic heterocycles. The first-order valence-corrected chi connectivity index (χ1v) is 10.2. The zero-order valence-corrected chi connectivity index (χ0v) is 17.2. The summed E-state index contributed by atoms with van der Waals surface area (Å²) in [5.41, 5.74) is 3.51. The smallest absolute Gasteiger partial charge is 0.341 e. The predicted molar refractivity (Wildman–Crippen MR) is 113 cm³/mol. The van der Waals surface area contributed by atoms with Crippen LogP contribution in [0.5, 0.6) is 0 Å². The van der Waals surface area contributed by atoms with E-state index in [4.69, 9.17) is 28.6 Å². The summed E-state index contributed by atoms with van der Waals surface area (Å²) < 4.78 is 5.02. The van der Waals surface area contributed by atoms with Crippen LogP contribution in [0.25, 0.3) is 0 Å². The van der Waals surface area contributed by atoms with Crippen LogP contribution in [0, 0.1) is 6.92 Å². The molecule has 0 bridgehead atoms. The number of fused-ring (bicyclic) bond motifs is 1. The van der Waals surface area contributed by atoms with Crippen LogP contribution in [0.1, 0.15) is 45.6 Å². The quantitative estimate of drug-likeness (QED) is 0.394. The number of nitrogens with one attached hydrogen (secondary N) is 2. The molecule has 1 aliphatic rings. The summed E-state index contributed by atoms with van der Waals surface area (Å²) in [6, 6.07) is 5.62. The largest absolute Gasteiger partial charge is 0.465 e. The Balaban J connectivity index is 1.86. The van der Waals surface area contributed by atoms with Gasteiger partial charge in [0.25, 0.3) is 0 Å². The third-order valence-corrected chi connectivity index (χ3v) is 6.37. The van der Waals surface area contributed by atoms with Crippen molar-refractivity contribution in [3.63, 3.8) is 0 Å². The van der Waals surface area contributed by atoms with Gasteiger partial charge in [0.15, 0.2) is 5.11 Å². The Labute approximate surface area is 167 Å². The number of esters is 1. The van der Waals surface area contributed by atoms with Crippen molar-refractivity contribution in [1.82, 2.24) is 0 Å². The summed E-state index contributed by atoms with van der Waals surface area (Å²) in [5.74, 6) is -0.311. The first-order valence-electron chi connectivity index (χ1n) is 8.57. The van der Waals surface area contributed by atoms with Crippen LogP contribution in [-0.4, -0.2) is 18.2 Å². The molecule has 0 radical (unpaired) electrons. The molecule has 2 aromatic rings. The highest BCUT2D eigenvalue weighted by molar-refractivity contribution is 7.80. The van der Waals surface area contributed by atoms with E-state index in [1.54, 1.807) is 11.3 Å². The molecule has 138 valence electrons. The van der Waals surface area contributed by atoms with Crippen molar-refractivity contribution in [1.29, 1.82) is 0 Å². The fourth-order valence-corrected chi connectivity index (χ4v) is 4.88. The Bertz CT molecular complexity index is 848. The number of methoxy groups -OCH3 is 1. The van der Waals surface area contributed by atoms with E-state index >= 15 is 0 Å². The lowest BCUT2D eigenvalue weighted by atomic mass is 10.1. The summed E-state index contributed by atoms with van der Waals surface area (Å²) in [6.45, 7) is 1.93. The van der Waals surface area contributed by atoms with Gasteiger partial charge in [-0.2, -0.15) is 0 Å². The van der Waals surface area contributed by atoms with Crippen LogP contribution in [0.2, 0.25) is 5.02 Å². The van der Waals surface area contributed by atoms with Crippen molar-refractivity contribution in [3.8, 4) is 0 Å². The lowest BCUT2D eigenvalue weighted by Gasteiger charge is -2.13. The number of aryl methyl sites for hydroxylation is 1. The van der Waals surface area contributed by atoms with Crippen molar-refractivity contribution < 1.29 is 9.53 Å². The first kappa shape index (κ1) is 19.1. The van der Waals surface area contributed by atoms with Gasteiger partial charge in [-0.05, 0) is 68.1 Å². The minimum atomic E-state index is -0.311. The van der Waals surface area contributed by atoms with Gasteiger partial charge in [0, 0.05) is 15.6 Å². The van der Waals surface area contributed by atoms with Crippen molar-refractivity contribution in [2.45, 2.75) is 39.0 Å². The van der Waals surface area contributed by atoms with Crippen LogP contribution >= 0.6 is 35.2 Å². The topological polar surface area (TPSA) is 50.4 Å². The number of hydrogen-bond donors (Lipinski definition) is 2. The zero-order valence-electron chi connectivity index (χ0n) is 14.8. The molecule has 2 N–H and O–H groups in total. The van der Waals surface area contributed by atoms with Crippen LogP contribution in [0.4, 0.5) is 10.7 Å². The van der Waals surface area contributed by atoms with Crippen LogP contribution in [-0.2, 0) is 17.6 Å². The van der Waals surface area contributed by atoms with Gasteiger partial charge in [-0.15, -0.1) is 11.3 Å². The molecule has 4 nitrogen and oxygen atoms in total. The number of thiocarbonyl (C=S) groups is 1. The van der Waals surface area contributed by atoms with Gasteiger partial charge in [0.05, 0.1) is 12.7 Å². The van der Waals surface area contributed by atoms with Gasteiger partial charge < -0.3 is 15.4 Å². The average Bonchev–Trinajstić information content (AvgIpc) is 2.79. The number of carbonyl (C=O) groups excluding carboxylic acids is 1. The lowest BCUT2D eigenvalue weighted by Crippen LogP contribution is -2.20. The van der Waals surface area contributed by atoms with Gasteiger partial charge in [-0.25, -0.2) is 4.79 Å². The second kappa shape index (κ2) is 8.37. The maximum atomic E-state index is 12.4. The number of hydrogen-bond acceptors (Lipinski definition) is 4. The Morgan fingerprint density at radius 2 is 2.00 bits per heavy atom. The third kappa shape index (κ3) is 4.03. The molecule has 0 amide bonds. The minimum absolute atomic E-state index is 0.311. The van der Waals surface area contributed by atoms with E-state index in [1.165, 1.54) is 18.4 Å². The SMILES string of the molecule is COC(=O)c1c(NC(=S)Nc2cccc(Cl)c2C)sc2c1CCCCC2. The number of rotatable bonds is 3. The van der Waals surface area contributed by atoms with E-state index in [-0.39, 0.29) is 5.97 Å². The Hall–Kier alpha value is -1.63. The lowest BCUT2D eigenvalue weighted by molar-refractivity contribution is 0.0601. The molecule has 1 aromatic carbocycles. The molecule has 0 aliphatic heterocycles. The Morgan fingerprint density at radius 1 is 1.23 bits per heavy atom. The van der Waals surface area contributed by atoms with Gasteiger partial charge in [0.1, 0.15) is 5.00 Å². The first-order chi connectivity index (χ1) is 12.5. The van der Waals surface area contributed by atoms with Crippen LogP contribution in [0.3, 0.4) is 0 Å². The predicted octanol–water partition coefficient (Wildman–Crippen LogP) is 5.57. The molecule has 3 rings (SSSR count). The standard InChI is InChI=1S/C19H21ClN2O2S2/c1-11-13(20)8-6-9-14(11)21-19(25)22-17-16(18(23)24-2)12-7-4-3-5-10-15(12)26-17/h6,8-9H,3-5,7,10H2,1-2H3,(H2,21,22,25). The summed E-state index contributed by atoms with van der Waals surface area (Å²) in [6.07, 6.45) is 5.35. The zero-order chi connectivity index (χ0) is 18.7. The average molecular weight is 409 g/mol. The van der Waals surface area contributed by atoms with E-state index in [1.807, 2.05) is 25.1 Å². The summed E-state index contributed by atoms with van der Waals surface area (Å²) >= 11 is 13.2. The molecular formula is C19H21ClN2O2S2. The van der Waals surface area contributed by atoms with E-state index in [9.17, 15) is 4.79 Å². The van der Waals surface area contributed by atoms with Crippen LogP contribution < -0.4 is 10.6 Å². The fourth-order valence-electron chi connectivity index (χ4n) is 3.15. The number of thiophene rings is 1. The van der Waals surface area contributed by atoms with Gasteiger partial charge in [0.2, 0.25) is 0 Å². The highest BCUT2D eigenvalue weighted by Crippen LogP contribution is 2.38. The molecule has 1 heterocycles. The summed E-state index contributed by atoms with van der Waals surface area (Å²) in [4.78, 5) is 13.6. The van der Waals surface area contributed by atoms with Crippen molar-refractivity contribution in [3.05, 3.63) is 44.8 Å². The van der Waals surface area contributed by atoms with E-state index < -0.39 is 0 Å². The van der Waals surface area contributed by atoms with E-state index in [2.05, 4.69) is 10.6 Å². The Kier molecular flexibility index (Phi) is 6.16. The monoisotopic (exact) mass is 408 g/mol. The van der Waals surface area contributed by atoms with Crippen LogP contribution in [0.15, 0.2) is 18.2 Å². The van der Waals surface area contributed by atoms with E-state index in [0.717, 1.165) is 47.5 Å². The van der Waals surface area contributed by atoms with Gasteiger partial charge in [-0.1, -0.05) is 24.1 Å². The fraction of sp³-hybridized carbons (Fsp3) is 0.368. The molecular weight excluding hydrogens is 388 g/mol. The summed E-state index contributed by atoms with van der Waals surface area (Å²) in [7, 11) is 1.42. The van der Waals surface area contributed by atoms with Crippen molar-refractivity contribution >= 4 is 56.9 Å². The normalized spacial score (nSPS) is 13.5. The molecule has 0 saturated carbocycles. The van der Waals surface area contributed by atoms with Gasteiger partial charge in [-0.3, -0.25) is 0 Å². The van der Waals surface area contributed by atoms with Gasteiger partial charge >= 0.3 is 5.97 Å². The number of anilines is 2. The molecule has 0 atom stereocenters. The second-order valence-electron chi connectivity index (χ2n) is 6.25. The molecule has 0 saturated heterocycles. The van der Waals surface area contributed by atoms with Crippen molar-refractivity contribution in [2.75, 3.05) is 17.7 Å². The third-order valence-electron chi connectivity index (χ3n) is 4.55. The summed E-state index contributed by atoms with van der Waals surface area (Å²) in [5, 5.41) is 8.22. The molecule has 26 heavy (non-hydrogen) atoms. The number of carbonyl (C=O) groups is 1. The number of benzene rings is 1. The molecule has 7 heteroatoms. The number of ether oxygens (including phenoxy) is 1. The Morgan fingerprint density at radius 3 is 2.77 bits per heavy atom.